The molecule has 0 radical (unpaired) electrons. The zero-order chi connectivity index (χ0) is 13.0. The van der Waals surface area contributed by atoms with Crippen LogP contribution < -0.4 is 4.74 Å². The predicted molar refractivity (Wildman–Crippen MR) is 70.9 cm³/mol. The molecule has 0 aliphatic carbocycles. The van der Waals surface area contributed by atoms with Crippen LogP contribution in [-0.2, 0) is 0 Å². The minimum absolute atomic E-state index is 0.662. The van der Waals surface area contributed by atoms with Crippen molar-refractivity contribution < 1.29 is 9.84 Å². The van der Waals surface area contributed by atoms with Gasteiger partial charge in [0.1, 0.15) is 11.9 Å². The molecule has 0 bridgehead atoms. The second-order valence-electron chi connectivity index (χ2n) is 4.04. The number of benzene rings is 1. The van der Waals surface area contributed by atoms with E-state index in [-0.39, 0.29) is 0 Å². The molecule has 5 heteroatoms. The summed E-state index contributed by atoms with van der Waals surface area (Å²) in [5, 5.41) is 14.1. The minimum atomic E-state index is -0.662. The highest BCUT2D eigenvalue weighted by atomic mass is 32.1. The van der Waals surface area contributed by atoms with Gasteiger partial charge in [0, 0.05) is 0 Å². The Kier molecular flexibility index (Phi) is 4.28. The molecule has 1 heterocycles. The number of aliphatic hydroxyl groups excluding tert-OH is 1. The van der Waals surface area contributed by atoms with Crippen LogP contribution in [0.1, 0.15) is 35.6 Å². The topological polar surface area (TPSA) is 55.2 Å². The predicted octanol–water partition coefficient (Wildman–Crippen LogP) is 2.72. The van der Waals surface area contributed by atoms with E-state index < -0.39 is 6.10 Å². The standard InChI is InChI=1S/C13H16N2O2S/c1-3-8-17-11-6-4-10(5-7-11)12(16)13-9(2)14-15-18-13/h4-7,12,16H,3,8H2,1-2H3. The molecule has 0 spiro atoms. The second kappa shape index (κ2) is 5.93. The van der Waals surface area contributed by atoms with Crippen LogP contribution in [0.2, 0.25) is 0 Å². The van der Waals surface area contributed by atoms with Crippen molar-refractivity contribution >= 4 is 11.5 Å². The van der Waals surface area contributed by atoms with E-state index in [1.807, 2.05) is 31.2 Å². The summed E-state index contributed by atoms with van der Waals surface area (Å²) in [4.78, 5) is 0.789. The molecule has 2 aromatic rings. The summed E-state index contributed by atoms with van der Waals surface area (Å²) in [6.07, 6.45) is 0.320. The highest BCUT2D eigenvalue weighted by molar-refractivity contribution is 7.05. The van der Waals surface area contributed by atoms with Gasteiger partial charge in [-0.25, -0.2) is 0 Å². The highest BCUT2D eigenvalue weighted by Crippen LogP contribution is 2.27. The van der Waals surface area contributed by atoms with Crippen molar-refractivity contribution in [3.05, 3.63) is 40.4 Å². The number of aromatic nitrogens is 2. The Morgan fingerprint density at radius 2 is 2.06 bits per heavy atom. The van der Waals surface area contributed by atoms with Gasteiger partial charge in [0.15, 0.2) is 0 Å². The van der Waals surface area contributed by atoms with Crippen LogP contribution >= 0.6 is 11.5 Å². The molecule has 0 aliphatic rings. The number of ether oxygens (including phenoxy) is 1. The molecule has 4 nitrogen and oxygen atoms in total. The third-order valence-electron chi connectivity index (χ3n) is 2.60. The van der Waals surface area contributed by atoms with Crippen molar-refractivity contribution in [1.82, 2.24) is 9.59 Å². The first-order chi connectivity index (χ1) is 8.72. The van der Waals surface area contributed by atoms with Gasteiger partial charge >= 0.3 is 0 Å². The number of aliphatic hydroxyl groups is 1. The second-order valence-corrected chi connectivity index (χ2v) is 4.83. The van der Waals surface area contributed by atoms with E-state index in [4.69, 9.17) is 4.74 Å². The third-order valence-corrected chi connectivity index (χ3v) is 3.48. The number of hydrogen-bond donors (Lipinski definition) is 1. The summed E-state index contributed by atoms with van der Waals surface area (Å²) in [6.45, 7) is 4.62. The summed E-state index contributed by atoms with van der Waals surface area (Å²) in [5.41, 5.74) is 1.60. The summed E-state index contributed by atoms with van der Waals surface area (Å²) in [6, 6.07) is 7.49. The lowest BCUT2D eigenvalue weighted by Crippen LogP contribution is -2.00. The monoisotopic (exact) mass is 264 g/mol. The highest BCUT2D eigenvalue weighted by Gasteiger charge is 2.16. The van der Waals surface area contributed by atoms with E-state index in [0.29, 0.717) is 6.61 Å². The molecule has 18 heavy (non-hydrogen) atoms. The molecule has 1 unspecified atom stereocenters. The molecule has 0 saturated carbocycles. The molecule has 1 aromatic carbocycles. The zero-order valence-electron chi connectivity index (χ0n) is 10.5. The first-order valence-corrected chi connectivity index (χ1v) is 6.69. The van der Waals surface area contributed by atoms with Gasteiger partial charge in [-0.2, -0.15) is 0 Å². The van der Waals surface area contributed by atoms with E-state index in [1.165, 1.54) is 11.5 Å². The number of nitrogens with zero attached hydrogens (tertiary/aromatic N) is 2. The normalized spacial score (nSPS) is 12.4. The van der Waals surface area contributed by atoms with Gasteiger partial charge in [-0.05, 0) is 42.6 Å². The molecule has 0 aliphatic heterocycles. The summed E-state index contributed by atoms with van der Waals surface area (Å²) >= 11 is 1.23. The zero-order valence-corrected chi connectivity index (χ0v) is 11.3. The molecule has 0 saturated heterocycles. The van der Waals surface area contributed by atoms with Crippen LogP contribution in [0.4, 0.5) is 0 Å². The number of hydrogen-bond acceptors (Lipinski definition) is 5. The van der Waals surface area contributed by atoms with E-state index in [1.54, 1.807) is 0 Å². The van der Waals surface area contributed by atoms with E-state index in [9.17, 15) is 5.11 Å². The van der Waals surface area contributed by atoms with E-state index in [0.717, 1.165) is 28.3 Å². The Balaban J connectivity index is 2.12. The van der Waals surface area contributed by atoms with Gasteiger partial charge in [0.25, 0.3) is 0 Å². The minimum Gasteiger partial charge on any atom is -0.494 e. The number of aryl methyl sites for hydroxylation is 1. The summed E-state index contributed by atoms with van der Waals surface area (Å²) in [7, 11) is 0. The van der Waals surface area contributed by atoms with Crippen LogP contribution in [0.3, 0.4) is 0 Å². The number of rotatable bonds is 5. The van der Waals surface area contributed by atoms with Crippen molar-refractivity contribution in [2.45, 2.75) is 26.4 Å². The van der Waals surface area contributed by atoms with Crippen LogP contribution in [-0.4, -0.2) is 21.3 Å². The Bertz CT molecular complexity index is 496. The lowest BCUT2D eigenvalue weighted by molar-refractivity contribution is 0.223. The van der Waals surface area contributed by atoms with E-state index >= 15 is 0 Å². The SMILES string of the molecule is CCCOc1ccc(C(O)c2snnc2C)cc1. The fourth-order valence-electron chi connectivity index (χ4n) is 1.61. The lowest BCUT2D eigenvalue weighted by atomic mass is 10.1. The molecular weight excluding hydrogens is 248 g/mol. The van der Waals surface area contributed by atoms with Crippen LogP contribution in [0.5, 0.6) is 5.75 Å². The van der Waals surface area contributed by atoms with Gasteiger partial charge in [0.05, 0.1) is 17.2 Å². The van der Waals surface area contributed by atoms with Crippen molar-refractivity contribution in [2.75, 3.05) is 6.61 Å². The van der Waals surface area contributed by atoms with Crippen molar-refractivity contribution in [3.63, 3.8) is 0 Å². The van der Waals surface area contributed by atoms with Gasteiger partial charge in [-0.3, -0.25) is 0 Å². The molecule has 1 N–H and O–H groups in total. The Morgan fingerprint density at radius 3 is 2.61 bits per heavy atom. The molecule has 1 aromatic heterocycles. The summed E-state index contributed by atoms with van der Waals surface area (Å²) in [5.74, 6) is 0.826. The Labute approximate surface area is 110 Å². The van der Waals surface area contributed by atoms with Crippen molar-refractivity contribution in [3.8, 4) is 5.75 Å². The Morgan fingerprint density at radius 1 is 1.33 bits per heavy atom. The Hall–Kier alpha value is -1.46. The van der Waals surface area contributed by atoms with Gasteiger partial charge in [0.2, 0.25) is 0 Å². The largest absolute Gasteiger partial charge is 0.494 e. The molecule has 0 fully saturated rings. The summed E-state index contributed by atoms with van der Waals surface area (Å²) < 4.78 is 9.33. The van der Waals surface area contributed by atoms with Crippen molar-refractivity contribution in [1.29, 1.82) is 0 Å². The molecule has 96 valence electrons. The maximum absolute atomic E-state index is 10.2. The average Bonchev–Trinajstić information content (AvgIpc) is 2.82. The van der Waals surface area contributed by atoms with Crippen molar-refractivity contribution in [2.24, 2.45) is 0 Å². The molecule has 0 amide bonds. The molecule has 2 rings (SSSR count). The maximum atomic E-state index is 10.2. The quantitative estimate of drug-likeness (QED) is 0.902. The smallest absolute Gasteiger partial charge is 0.119 e. The van der Waals surface area contributed by atoms with Crippen LogP contribution in [0.25, 0.3) is 0 Å². The van der Waals surface area contributed by atoms with Gasteiger partial charge < -0.3 is 9.84 Å². The first kappa shape index (κ1) is 13.0. The van der Waals surface area contributed by atoms with Gasteiger partial charge in [-0.1, -0.05) is 23.5 Å². The average molecular weight is 264 g/mol. The van der Waals surface area contributed by atoms with Crippen LogP contribution in [0.15, 0.2) is 24.3 Å². The first-order valence-electron chi connectivity index (χ1n) is 5.92. The molecular formula is C13H16N2O2S. The fourth-order valence-corrected chi connectivity index (χ4v) is 2.27. The third kappa shape index (κ3) is 2.86. The van der Waals surface area contributed by atoms with Gasteiger partial charge in [-0.15, -0.1) is 5.10 Å². The van der Waals surface area contributed by atoms with Crippen LogP contribution in [0, 0.1) is 6.92 Å². The molecule has 1 atom stereocenters. The maximum Gasteiger partial charge on any atom is 0.119 e. The fraction of sp³-hybridized carbons (Fsp3) is 0.385. The van der Waals surface area contributed by atoms with E-state index in [2.05, 4.69) is 16.5 Å². The lowest BCUT2D eigenvalue weighted by Gasteiger charge is -2.10.